The molecule has 0 saturated heterocycles. The minimum absolute atomic E-state index is 0.319. The zero-order chi connectivity index (χ0) is 18.1. The highest BCUT2D eigenvalue weighted by molar-refractivity contribution is 5.97. The van der Waals surface area contributed by atoms with E-state index in [-0.39, 0.29) is 5.91 Å². The van der Waals surface area contributed by atoms with Gasteiger partial charge in [0, 0.05) is 0 Å². The maximum Gasteiger partial charge on any atom is 0.275 e. The first-order valence-electron chi connectivity index (χ1n) is 7.57. The van der Waals surface area contributed by atoms with E-state index in [0.29, 0.717) is 29.4 Å². The van der Waals surface area contributed by atoms with Crippen molar-refractivity contribution < 1.29 is 19.0 Å². The number of nitrogens with zero attached hydrogens (tertiary/aromatic N) is 1. The normalized spacial score (nSPS) is 10.3. The predicted octanol–water partition coefficient (Wildman–Crippen LogP) is 3.03. The molecule has 2 rings (SSSR count). The molecule has 6 heteroatoms. The smallest absolute Gasteiger partial charge is 0.275 e. The molecule has 0 saturated carbocycles. The summed E-state index contributed by atoms with van der Waals surface area (Å²) >= 11 is 0. The van der Waals surface area contributed by atoms with Crippen LogP contribution in [-0.2, 0) is 0 Å². The maximum absolute atomic E-state index is 12.3. The first kappa shape index (κ1) is 18.1. The monoisotopic (exact) mass is 340 g/mol. The number of hydrogen-bond acceptors (Lipinski definition) is 5. The van der Waals surface area contributed by atoms with Crippen LogP contribution in [0.3, 0.4) is 0 Å². The molecule has 25 heavy (non-hydrogen) atoms. The third kappa shape index (κ3) is 4.84. The van der Waals surface area contributed by atoms with Gasteiger partial charge in [-0.3, -0.25) is 4.79 Å². The fraction of sp³-hybridized carbons (Fsp3) is 0.158. The van der Waals surface area contributed by atoms with E-state index >= 15 is 0 Å². The molecule has 0 bridgehead atoms. The van der Waals surface area contributed by atoms with Crippen LogP contribution in [0.15, 0.2) is 60.2 Å². The Bertz CT molecular complexity index is 772. The highest BCUT2D eigenvalue weighted by atomic mass is 16.5. The van der Waals surface area contributed by atoms with Gasteiger partial charge in [0.15, 0.2) is 11.5 Å². The number of methoxy groups -OCH3 is 2. The van der Waals surface area contributed by atoms with Gasteiger partial charge < -0.3 is 14.2 Å². The largest absolute Gasteiger partial charge is 0.493 e. The van der Waals surface area contributed by atoms with Crippen LogP contribution >= 0.6 is 0 Å². The van der Waals surface area contributed by atoms with Crippen molar-refractivity contribution in [1.82, 2.24) is 5.43 Å². The molecular formula is C19H20N2O4. The van der Waals surface area contributed by atoms with Crippen LogP contribution in [0.2, 0.25) is 0 Å². The van der Waals surface area contributed by atoms with Crippen LogP contribution in [0.1, 0.15) is 15.9 Å². The van der Waals surface area contributed by atoms with Crippen molar-refractivity contribution >= 4 is 12.1 Å². The standard InChI is InChI=1S/C19H20N2O4/c1-4-11-25-16-8-6-5-7-15(16)19(22)21-20-13-14-9-10-17(23-2)18(12-14)24-3/h4-10,12-13H,1,11H2,2-3H3,(H,21,22)/b20-13+. The van der Waals surface area contributed by atoms with E-state index in [1.54, 1.807) is 62.8 Å². The summed E-state index contributed by atoms with van der Waals surface area (Å²) in [5, 5.41) is 3.97. The number of ether oxygens (including phenoxy) is 3. The van der Waals surface area contributed by atoms with Crippen LogP contribution in [0.25, 0.3) is 0 Å². The quantitative estimate of drug-likeness (QED) is 0.456. The molecule has 0 aliphatic carbocycles. The first-order chi connectivity index (χ1) is 12.2. The number of amides is 1. The van der Waals surface area contributed by atoms with Crippen molar-refractivity contribution in [3.05, 3.63) is 66.2 Å². The fourth-order valence-electron chi connectivity index (χ4n) is 2.09. The van der Waals surface area contributed by atoms with E-state index < -0.39 is 0 Å². The van der Waals surface area contributed by atoms with E-state index in [1.807, 2.05) is 0 Å². The molecular weight excluding hydrogens is 320 g/mol. The molecule has 2 aromatic rings. The third-order valence-electron chi connectivity index (χ3n) is 3.28. The summed E-state index contributed by atoms with van der Waals surface area (Å²) in [5.41, 5.74) is 3.64. The fourth-order valence-corrected chi connectivity index (χ4v) is 2.09. The predicted molar refractivity (Wildman–Crippen MR) is 96.7 cm³/mol. The summed E-state index contributed by atoms with van der Waals surface area (Å²) in [7, 11) is 3.12. The zero-order valence-corrected chi connectivity index (χ0v) is 14.2. The van der Waals surface area contributed by atoms with E-state index in [0.717, 1.165) is 5.56 Å². The van der Waals surface area contributed by atoms with E-state index in [4.69, 9.17) is 14.2 Å². The van der Waals surface area contributed by atoms with Gasteiger partial charge in [-0.05, 0) is 35.9 Å². The number of hydrazone groups is 1. The average Bonchev–Trinajstić information content (AvgIpc) is 2.66. The van der Waals surface area contributed by atoms with Crippen LogP contribution in [0, 0.1) is 0 Å². The topological polar surface area (TPSA) is 69.2 Å². The second kappa shape index (κ2) is 9.12. The van der Waals surface area contributed by atoms with Crippen LogP contribution in [0.5, 0.6) is 17.2 Å². The van der Waals surface area contributed by atoms with Crippen LogP contribution in [-0.4, -0.2) is 32.9 Å². The Morgan fingerprint density at radius 1 is 1.12 bits per heavy atom. The lowest BCUT2D eigenvalue weighted by molar-refractivity contribution is 0.0951. The molecule has 0 unspecified atom stereocenters. The van der Waals surface area contributed by atoms with Crippen molar-refractivity contribution in [1.29, 1.82) is 0 Å². The van der Waals surface area contributed by atoms with E-state index in [2.05, 4.69) is 17.1 Å². The molecule has 2 aromatic carbocycles. The van der Waals surface area contributed by atoms with Gasteiger partial charge in [0.2, 0.25) is 0 Å². The van der Waals surface area contributed by atoms with Crippen molar-refractivity contribution in [2.45, 2.75) is 0 Å². The lowest BCUT2D eigenvalue weighted by Crippen LogP contribution is -2.18. The van der Waals surface area contributed by atoms with Crippen molar-refractivity contribution in [3.63, 3.8) is 0 Å². The summed E-state index contributed by atoms with van der Waals surface area (Å²) in [6.45, 7) is 3.91. The second-order valence-electron chi connectivity index (χ2n) is 4.91. The number of carbonyl (C=O) groups is 1. The number of carbonyl (C=O) groups excluding carboxylic acids is 1. The van der Waals surface area contributed by atoms with Crippen LogP contribution in [0.4, 0.5) is 0 Å². The summed E-state index contributed by atoms with van der Waals surface area (Å²) in [6.07, 6.45) is 3.14. The lowest BCUT2D eigenvalue weighted by atomic mass is 10.2. The number of para-hydroxylation sites is 1. The number of benzene rings is 2. The van der Waals surface area contributed by atoms with Crippen molar-refractivity contribution in [3.8, 4) is 17.2 Å². The molecule has 0 radical (unpaired) electrons. The molecule has 1 N–H and O–H groups in total. The number of rotatable bonds is 8. The van der Waals surface area contributed by atoms with Gasteiger partial charge in [-0.25, -0.2) is 5.43 Å². The summed E-state index contributed by atoms with van der Waals surface area (Å²) in [6, 6.07) is 12.3. The van der Waals surface area contributed by atoms with Gasteiger partial charge in [0.05, 0.1) is 26.0 Å². The molecule has 0 spiro atoms. The minimum atomic E-state index is -0.364. The Morgan fingerprint density at radius 2 is 1.88 bits per heavy atom. The Kier molecular flexibility index (Phi) is 6.59. The van der Waals surface area contributed by atoms with Gasteiger partial charge in [-0.1, -0.05) is 24.8 Å². The molecule has 0 heterocycles. The molecule has 0 aliphatic heterocycles. The molecule has 1 amide bonds. The summed E-state index contributed by atoms with van der Waals surface area (Å²) in [4.78, 5) is 12.3. The Labute approximate surface area is 146 Å². The molecule has 6 nitrogen and oxygen atoms in total. The maximum atomic E-state index is 12.3. The summed E-state index contributed by atoms with van der Waals surface area (Å²) < 4.78 is 15.9. The van der Waals surface area contributed by atoms with Crippen molar-refractivity contribution in [2.75, 3.05) is 20.8 Å². The molecule has 0 atom stereocenters. The molecule has 0 fully saturated rings. The summed E-state index contributed by atoms with van der Waals surface area (Å²) in [5.74, 6) is 1.32. The lowest BCUT2D eigenvalue weighted by Gasteiger charge is -2.09. The minimum Gasteiger partial charge on any atom is -0.493 e. The van der Waals surface area contributed by atoms with E-state index in [9.17, 15) is 4.79 Å². The molecule has 0 aliphatic rings. The van der Waals surface area contributed by atoms with Gasteiger partial charge in [-0.2, -0.15) is 5.10 Å². The number of nitrogens with one attached hydrogen (secondary N) is 1. The highest BCUT2D eigenvalue weighted by Gasteiger charge is 2.11. The van der Waals surface area contributed by atoms with Gasteiger partial charge in [0.1, 0.15) is 12.4 Å². The van der Waals surface area contributed by atoms with E-state index in [1.165, 1.54) is 6.21 Å². The SMILES string of the molecule is C=CCOc1ccccc1C(=O)N/N=C/c1ccc(OC)c(OC)c1. The van der Waals surface area contributed by atoms with Gasteiger partial charge in [-0.15, -0.1) is 0 Å². The third-order valence-corrected chi connectivity index (χ3v) is 3.28. The number of hydrogen-bond donors (Lipinski definition) is 1. The Hall–Kier alpha value is -3.28. The zero-order valence-electron chi connectivity index (χ0n) is 14.2. The van der Waals surface area contributed by atoms with Crippen LogP contribution < -0.4 is 19.6 Å². The molecule has 130 valence electrons. The highest BCUT2D eigenvalue weighted by Crippen LogP contribution is 2.26. The average molecular weight is 340 g/mol. The first-order valence-corrected chi connectivity index (χ1v) is 7.57. The Balaban J connectivity index is 2.07. The second-order valence-corrected chi connectivity index (χ2v) is 4.91. The van der Waals surface area contributed by atoms with Gasteiger partial charge >= 0.3 is 0 Å². The Morgan fingerprint density at radius 3 is 2.60 bits per heavy atom. The van der Waals surface area contributed by atoms with Gasteiger partial charge in [0.25, 0.3) is 5.91 Å². The molecule has 0 aromatic heterocycles. The van der Waals surface area contributed by atoms with Crippen molar-refractivity contribution in [2.24, 2.45) is 5.10 Å².